The highest BCUT2D eigenvalue weighted by atomic mass is 16.5. The van der Waals surface area contributed by atoms with Crippen molar-refractivity contribution in [2.75, 3.05) is 25.7 Å². The second-order valence-corrected chi connectivity index (χ2v) is 6.50. The minimum absolute atomic E-state index is 0.131. The van der Waals surface area contributed by atoms with Gasteiger partial charge in [-0.15, -0.1) is 0 Å². The number of benzene rings is 2. The van der Waals surface area contributed by atoms with Gasteiger partial charge in [-0.3, -0.25) is 9.59 Å². The smallest absolute Gasteiger partial charge is 0.251 e. The maximum absolute atomic E-state index is 12.6. The minimum Gasteiger partial charge on any atom is -0.497 e. The number of carbonyl (C=O) groups excluding carboxylic acids is 2. The summed E-state index contributed by atoms with van der Waals surface area (Å²) in [7, 11) is 3.19. The molecular weight excluding hydrogens is 344 g/mol. The molecule has 2 aromatic rings. The van der Waals surface area contributed by atoms with Gasteiger partial charge in [0.25, 0.3) is 5.91 Å². The van der Waals surface area contributed by atoms with Crippen LogP contribution in [0.2, 0.25) is 0 Å². The Bertz CT molecular complexity index is 833. The molecule has 6 heteroatoms. The van der Waals surface area contributed by atoms with Gasteiger partial charge in [0, 0.05) is 29.8 Å². The highest BCUT2D eigenvalue weighted by Crippen LogP contribution is 2.29. The number of nitrogens with one attached hydrogen (secondary N) is 1. The number of carbonyl (C=O) groups is 2. The summed E-state index contributed by atoms with van der Waals surface area (Å²) in [5, 5.41) is 2.98. The predicted molar refractivity (Wildman–Crippen MR) is 103 cm³/mol. The average molecular weight is 368 g/mol. The molecule has 0 saturated carbocycles. The first-order valence-electron chi connectivity index (χ1n) is 8.96. The Balaban J connectivity index is 1.72. The normalized spacial score (nSPS) is 14.8. The van der Waals surface area contributed by atoms with E-state index in [-0.39, 0.29) is 17.9 Å². The molecule has 1 heterocycles. The quantitative estimate of drug-likeness (QED) is 0.849. The molecule has 0 unspecified atom stereocenters. The Morgan fingerprint density at radius 3 is 2.44 bits per heavy atom. The maximum atomic E-state index is 12.6. The van der Waals surface area contributed by atoms with Crippen LogP contribution in [-0.2, 0) is 4.79 Å². The van der Waals surface area contributed by atoms with E-state index in [2.05, 4.69) is 5.32 Å². The summed E-state index contributed by atoms with van der Waals surface area (Å²) in [6.07, 6.45) is 1.46. The molecular formula is C21H24N2O4. The van der Waals surface area contributed by atoms with Crippen LogP contribution in [-0.4, -0.2) is 32.6 Å². The number of ether oxygens (including phenoxy) is 2. The number of rotatable bonds is 6. The zero-order valence-electron chi connectivity index (χ0n) is 15.8. The Labute approximate surface area is 159 Å². The van der Waals surface area contributed by atoms with E-state index in [1.54, 1.807) is 31.3 Å². The van der Waals surface area contributed by atoms with Crippen molar-refractivity contribution in [2.24, 2.45) is 0 Å². The first-order valence-corrected chi connectivity index (χ1v) is 8.96. The van der Waals surface area contributed by atoms with Crippen molar-refractivity contribution in [3.8, 4) is 11.5 Å². The molecule has 3 rings (SSSR count). The molecule has 142 valence electrons. The number of methoxy groups -OCH3 is 2. The molecule has 1 fully saturated rings. The maximum Gasteiger partial charge on any atom is 0.251 e. The molecule has 6 nitrogen and oxygen atoms in total. The van der Waals surface area contributed by atoms with Gasteiger partial charge in [0.05, 0.1) is 20.3 Å². The number of hydrogen-bond acceptors (Lipinski definition) is 4. The SMILES string of the molecule is COc1ccc(OC)c([C@@H](C)NC(=O)c2ccc(N3CCCC3=O)cc2)c1. The fourth-order valence-corrected chi connectivity index (χ4v) is 3.25. The standard InChI is InChI=1S/C21H24N2O4/c1-14(18-13-17(26-2)10-11-19(18)27-3)22-21(25)15-6-8-16(9-7-15)23-12-4-5-20(23)24/h6-11,13-14H,4-5,12H2,1-3H3,(H,22,25)/t14-/m1/s1. The van der Waals surface area contributed by atoms with E-state index < -0.39 is 0 Å². The van der Waals surface area contributed by atoms with Gasteiger partial charge in [-0.2, -0.15) is 0 Å². The highest BCUT2D eigenvalue weighted by Gasteiger charge is 2.22. The van der Waals surface area contributed by atoms with Crippen LogP contribution < -0.4 is 19.7 Å². The van der Waals surface area contributed by atoms with Gasteiger partial charge in [0.15, 0.2) is 0 Å². The van der Waals surface area contributed by atoms with Gasteiger partial charge in [0.2, 0.25) is 5.91 Å². The third kappa shape index (κ3) is 4.05. The summed E-state index contributed by atoms with van der Waals surface area (Å²) in [6.45, 7) is 2.63. The Morgan fingerprint density at radius 1 is 1.11 bits per heavy atom. The number of anilines is 1. The summed E-state index contributed by atoms with van der Waals surface area (Å²) in [6, 6.07) is 12.3. The average Bonchev–Trinajstić information content (AvgIpc) is 3.13. The largest absolute Gasteiger partial charge is 0.497 e. The van der Waals surface area contributed by atoms with E-state index >= 15 is 0 Å². The van der Waals surface area contributed by atoms with Crippen molar-refractivity contribution in [3.05, 3.63) is 53.6 Å². The van der Waals surface area contributed by atoms with Crippen LogP contribution in [0.1, 0.15) is 41.7 Å². The van der Waals surface area contributed by atoms with Gasteiger partial charge in [-0.1, -0.05) is 0 Å². The molecule has 0 radical (unpaired) electrons. The molecule has 0 aromatic heterocycles. The van der Waals surface area contributed by atoms with E-state index in [0.717, 1.165) is 24.2 Å². The van der Waals surface area contributed by atoms with Crippen molar-refractivity contribution < 1.29 is 19.1 Å². The van der Waals surface area contributed by atoms with Gasteiger partial charge >= 0.3 is 0 Å². The minimum atomic E-state index is -0.262. The van der Waals surface area contributed by atoms with E-state index in [9.17, 15) is 9.59 Å². The van der Waals surface area contributed by atoms with Crippen molar-refractivity contribution in [2.45, 2.75) is 25.8 Å². The zero-order chi connectivity index (χ0) is 19.4. The topological polar surface area (TPSA) is 67.9 Å². The van der Waals surface area contributed by atoms with Crippen molar-refractivity contribution in [1.82, 2.24) is 5.32 Å². The molecule has 1 atom stereocenters. The molecule has 27 heavy (non-hydrogen) atoms. The van der Waals surface area contributed by atoms with E-state index in [1.807, 2.05) is 37.3 Å². The van der Waals surface area contributed by atoms with Gasteiger partial charge in [0.1, 0.15) is 11.5 Å². The van der Waals surface area contributed by atoms with E-state index in [0.29, 0.717) is 23.5 Å². The van der Waals surface area contributed by atoms with Crippen molar-refractivity contribution in [1.29, 1.82) is 0 Å². The molecule has 2 amide bonds. The van der Waals surface area contributed by atoms with Gasteiger partial charge < -0.3 is 19.7 Å². The third-order valence-corrected chi connectivity index (χ3v) is 4.77. The predicted octanol–water partition coefficient (Wildman–Crippen LogP) is 3.32. The summed E-state index contributed by atoms with van der Waals surface area (Å²) in [4.78, 5) is 26.2. The monoisotopic (exact) mass is 368 g/mol. The molecule has 1 aliphatic rings. The lowest BCUT2D eigenvalue weighted by atomic mass is 10.1. The zero-order valence-corrected chi connectivity index (χ0v) is 15.8. The molecule has 2 aromatic carbocycles. The van der Waals surface area contributed by atoms with Gasteiger partial charge in [-0.05, 0) is 55.8 Å². The van der Waals surface area contributed by atoms with E-state index in [4.69, 9.17) is 9.47 Å². The van der Waals surface area contributed by atoms with Crippen LogP contribution in [0.5, 0.6) is 11.5 Å². The second-order valence-electron chi connectivity index (χ2n) is 6.50. The highest BCUT2D eigenvalue weighted by molar-refractivity contribution is 5.97. The first-order chi connectivity index (χ1) is 13.0. The number of nitrogens with zero attached hydrogens (tertiary/aromatic N) is 1. The van der Waals surface area contributed by atoms with E-state index in [1.165, 1.54) is 0 Å². The summed E-state index contributed by atoms with van der Waals surface area (Å²) in [5.41, 5.74) is 2.21. The van der Waals surface area contributed by atoms with Crippen molar-refractivity contribution in [3.63, 3.8) is 0 Å². The fraction of sp³-hybridized carbons (Fsp3) is 0.333. The molecule has 0 bridgehead atoms. The summed E-state index contributed by atoms with van der Waals surface area (Å²) in [5.74, 6) is 1.33. The Hall–Kier alpha value is -3.02. The summed E-state index contributed by atoms with van der Waals surface area (Å²) >= 11 is 0. The second kappa shape index (κ2) is 8.12. The van der Waals surface area contributed by atoms with Crippen LogP contribution >= 0.6 is 0 Å². The lowest BCUT2D eigenvalue weighted by Gasteiger charge is -2.19. The fourth-order valence-electron chi connectivity index (χ4n) is 3.25. The number of amides is 2. The Morgan fingerprint density at radius 2 is 1.85 bits per heavy atom. The first kappa shape index (κ1) is 18.8. The van der Waals surface area contributed by atoms with Crippen LogP contribution in [0.15, 0.2) is 42.5 Å². The molecule has 1 aliphatic heterocycles. The number of hydrogen-bond donors (Lipinski definition) is 1. The lowest BCUT2D eigenvalue weighted by Crippen LogP contribution is -2.27. The lowest BCUT2D eigenvalue weighted by molar-refractivity contribution is -0.117. The van der Waals surface area contributed by atoms with Gasteiger partial charge in [-0.25, -0.2) is 0 Å². The molecule has 0 spiro atoms. The molecule has 1 saturated heterocycles. The van der Waals surface area contributed by atoms with Crippen LogP contribution in [0.4, 0.5) is 5.69 Å². The third-order valence-electron chi connectivity index (χ3n) is 4.77. The van der Waals surface area contributed by atoms with Crippen LogP contribution in [0.25, 0.3) is 0 Å². The Kier molecular flexibility index (Phi) is 5.64. The van der Waals surface area contributed by atoms with Crippen molar-refractivity contribution >= 4 is 17.5 Å². The molecule has 0 aliphatic carbocycles. The molecule has 1 N–H and O–H groups in total. The summed E-state index contributed by atoms with van der Waals surface area (Å²) < 4.78 is 10.7. The van der Waals surface area contributed by atoms with Crippen LogP contribution in [0, 0.1) is 0 Å². The van der Waals surface area contributed by atoms with Crippen LogP contribution in [0.3, 0.4) is 0 Å².